The number of nitrogens with zero attached hydrogens (tertiary/aromatic N) is 1. The van der Waals surface area contributed by atoms with Gasteiger partial charge in [0.2, 0.25) is 0 Å². The molecule has 1 unspecified atom stereocenters. The highest BCUT2D eigenvalue weighted by atomic mass is 16.2. The van der Waals surface area contributed by atoms with E-state index in [4.69, 9.17) is 11.5 Å². The fourth-order valence-electron chi connectivity index (χ4n) is 2.17. The van der Waals surface area contributed by atoms with E-state index in [-0.39, 0.29) is 12.1 Å². The van der Waals surface area contributed by atoms with Crippen molar-refractivity contribution >= 4 is 6.03 Å². The second-order valence-electron chi connectivity index (χ2n) is 3.73. The maximum Gasteiger partial charge on any atom is 0.315 e. The Morgan fingerprint density at radius 2 is 2.20 bits per heavy atom. The molecule has 1 aromatic carbocycles. The molecule has 15 heavy (non-hydrogen) atoms. The zero-order valence-corrected chi connectivity index (χ0v) is 8.52. The SMILES string of the molecule is NCC1c2ccccc2CCN1C(N)=O. The number of hydrogen-bond donors (Lipinski definition) is 2. The molecule has 0 aromatic heterocycles. The van der Waals surface area contributed by atoms with Crippen LogP contribution in [0.2, 0.25) is 0 Å². The quantitative estimate of drug-likeness (QED) is 0.705. The molecular weight excluding hydrogens is 190 g/mol. The number of carbonyl (C=O) groups excluding carboxylic acids is 1. The summed E-state index contributed by atoms with van der Waals surface area (Å²) in [5.41, 5.74) is 13.4. The monoisotopic (exact) mass is 205 g/mol. The van der Waals surface area contributed by atoms with Gasteiger partial charge in [-0.3, -0.25) is 0 Å². The summed E-state index contributed by atoms with van der Waals surface area (Å²) in [6.07, 6.45) is 0.857. The lowest BCUT2D eigenvalue weighted by Crippen LogP contribution is -2.45. The number of carbonyl (C=O) groups is 1. The standard InChI is InChI=1S/C11H15N3O/c12-7-10-9-4-2-1-3-8(9)5-6-14(10)11(13)15/h1-4,10H,5-7,12H2,(H2,13,15). The summed E-state index contributed by atoms with van der Waals surface area (Å²) in [5.74, 6) is 0. The van der Waals surface area contributed by atoms with Crippen molar-refractivity contribution in [2.45, 2.75) is 12.5 Å². The molecule has 0 spiro atoms. The Morgan fingerprint density at radius 3 is 2.87 bits per heavy atom. The van der Waals surface area contributed by atoms with Crippen LogP contribution in [0.5, 0.6) is 0 Å². The second-order valence-corrected chi connectivity index (χ2v) is 3.73. The second kappa shape index (κ2) is 3.90. The number of benzene rings is 1. The largest absolute Gasteiger partial charge is 0.351 e. The van der Waals surface area contributed by atoms with Gasteiger partial charge in [0.15, 0.2) is 0 Å². The van der Waals surface area contributed by atoms with Crippen LogP contribution in [0.4, 0.5) is 4.79 Å². The molecule has 0 saturated carbocycles. The number of primary amides is 1. The number of nitrogens with two attached hydrogens (primary N) is 2. The van der Waals surface area contributed by atoms with Gasteiger partial charge < -0.3 is 16.4 Å². The Morgan fingerprint density at radius 1 is 1.47 bits per heavy atom. The van der Waals surface area contributed by atoms with E-state index in [2.05, 4.69) is 6.07 Å². The van der Waals surface area contributed by atoms with Crippen LogP contribution in [0.3, 0.4) is 0 Å². The van der Waals surface area contributed by atoms with Gasteiger partial charge >= 0.3 is 6.03 Å². The summed E-state index contributed by atoms with van der Waals surface area (Å²) in [7, 11) is 0. The summed E-state index contributed by atoms with van der Waals surface area (Å²) >= 11 is 0. The predicted molar refractivity (Wildman–Crippen MR) is 58.2 cm³/mol. The minimum Gasteiger partial charge on any atom is -0.351 e. The fraction of sp³-hybridized carbons (Fsp3) is 0.364. The lowest BCUT2D eigenvalue weighted by atomic mass is 9.93. The summed E-state index contributed by atoms with van der Waals surface area (Å²) in [6, 6.07) is 7.61. The molecule has 80 valence electrons. The molecule has 0 bridgehead atoms. The van der Waals surface area contributed by atoms with Crippen LogP contribution in [0.1, 0.15) is 17.2 Å². The Labute approximate surface area is 88.9 Å². The Bertz CT molecular complexity index is 378. The van der Waals surface area contributed by atoms with Gasteiger partial charge in [0.1, 0.15) is 0 Å². The molecule has 0 saturated heterocycles. The van der Waals surface area contributed by atoms with Gasteiger partial charge in [-0.05, 0) is 17.5 Å². The number of amides is 2. The summed E-state index contributed by atoms with van der Waals surface area (Å²) in [4.78, 5) is 12.9. The minimum absolute atomic E-state index is 0.0625. The number of urea groups is 1. The summed E-state index contributed by atoms with van der Waals surface area (Å²) < 4.78 is 0. The summed E-state index contributed by atoms with van der Waals surface area (Å²) in [5, 5.41) is 0. The first-order valence-electron chi connectivity index (χ1n) is 5.08. The first kappa shape index (κ1) is 9.98. The number of hydrogen-bond acceptors (Lipinski definition) is 2. The normalized spacial score (nSPS) is 19.8. The van der Waals surface area contributed by atoms with Crippen molar-refractivity contribution in [1.29, 1.82) is 0 Å². The minimum atomic E-state index is -0.389. The van der Waals surface area contributed by atoms with Crippen LogP contribution in [-0.2, 0) is 6.42 Å². The molecule has 2 rings (SSSR count). The molecule has 1 aliphatic rings. The maximum absolute atomic E-state index is 11.2. The van der Waals surface area contributed by atoms with Crippen molar-refractivity contribution in [2.75, 3.05) is 13.1 Å². The third-order valence-corrected chi connectivity index (χ3v) is 2.92. The first-order chi connectivity index (χ1) is 7.24. The van der Waals surface area contributed by atoms with E-state index in [1.807, 2.05) is 18.2 Å². The van der Waals surface area contributed by atoms with E-state index in [9.17, 15) is 4.79 Å². The van der Waals surface area contributed by atoms with Crippen LogP contribution >= 0.6 is 0 Å². The van der Waals surface area contributed by atoms with E-state index in [1.165, 1.54) is 5.56 Å². The van der Waals surface area contributed by atoms with Gasteiger partial charge in [0, 0.05) is 13.1 Å². The molecule has 2 amide bonds. The van der Waals surface area contributed by atoms with E-state index in [0.717, 1.165) is 12.0 Å². The van der Waals surface area contributed by atoms with Gasteiger partial charge in [0.05, 0.1) is 6.04 Å². The Kier molecular flexibility index (Phi) is 2.60. The van der Waals surface area contributed by atoms with Crippen molar-refractivity contribution in [1.82, 2.24) is 4.90 Å². The topological polar surface area (TPSA) is 72.3 Å². The highest BCUT2D eigenvalue weighted by Gasteiger charge is 2.27. The van der Waals surface area contributed by atoms with Gasteiger partial charge in [-0.2, -0.15) is 0 Å². The molecule has 1 atom stereocenters. The van der Waals surface area contributed by atoms with E-state index >= 15 is 0 Å². The smallest absolute Gasteiger partial charge is 0.315 e. The lowest BCUT2D eigenvalue weighted by Gasteiger charge is -2.35. The Hall–Kier alpha value is -1.55. The van der Waals surface area contributed by atoms with E-state index in [0.29, 0.717) is 13.1 Å². The van der Waals surface area contributed by atoms with Gasteiger partial charge in [-0.15, -0.1) is 0 Å². The van der Waals surface area contributed by atoms with Crippen LogP contribution in [0.25, 0.3) is 0 Å². The van der Waals surface area contributed by atoms with Crippen LogP contribution in [-0.4, -0.2) is 24.0 Å². The molecule has 1 aliphatic heterocycles. The van der Waals surface area contributed by atoms with Crippen LogP contribution in [0.15, 0.2) is 24.3 Å². The van der Waals surface area contributed by atoms with Gasteiger partial charge in [0.25, 0.3) is 0 Å². The average Bonchev–Trinajstić information content (AvgIpc) is 2.27. The van der Waals surface area contributed by atoms with Crippen molar-refractivity contribution in [3.8, 4) is 0 Å². The zero-order valence-electron chi connectivity index (χ0n) is 8.52. The fourth-order valence-corrected chi connectivity index (χ4v) is 2.17. The molecule has 4 heteroatoms. The molecule has 4 nitrogen and oxygen atoms in total. The molecule has 0 fully saturated rings. The number of fused-ring (bicyclic) bond motifs is 1. The number of rotatable bonds is 1. The Balaban J connectivity index is 2.38. The predicted octanol–water partition coefficient (Wildman–Crippen LogP) is 0.623. The third kappa shape index (κ3) is 1.68. The molecular formula is C11H15N3O. The highest BCUT2D eigenvalue weighted by molar-refractivity contribution is 5.73. The molecule has 1 aromatic rings. The molecule has 1 heterocycles. The molecule has 4 N–H and O–H groups in total. The van der Waals surface area contributed by atoms with Gasteiger partial charge in [-0.1, -0.05) is 24.3 Å². The lowest BCUT2D eigenvalue weighted by molar-refractivity contribution is 0.180. The highest BCUT2D eigenvalue weighted by Crippen LogP contribution is 2.28. The van der Waals surface area contributed by atoms with Crippen molar-refractivity contribution in [2.24, 2.45) is 11.5 Å². The van der Waals surface area contributed by atoms with E-state index < -0.39 is 0 Å². The van der Waals surface area contributed by atoms with Crippen molar-refractivity contribution < 1.29 is 4.79 Å². The maximum atomic E-state index is 11.2. The van der Waals surface area contributed by atoms with Crippen LogP contribution in [0, 0.1) is 0 Å². The zero-order chi connectivity index (χ0) is 10.8. The van der Waals surface area contributed by atoms with Crippen molar-refractivity contribution in [3.05, 3.63) is 35.4 Å². The summed E-state index contributed by atoms with van der Waals surface area (Å²) in [6.45, 7) is 1.08. The van der Waals surface area contributed by atoms with Gasteiger partial charge in [-0.25, -0.2) is 4.79 Å². The van der Waals surface area contributed by atoms with Crippen LogP contribution < -0.4 is 11.5 Å². The first-order valence-corrected chi connectivity index (χ1v) is 5.08. The van der Waals surface area contributed by atoms with E-state index in [1.54, 1.807) is 4.90 Å². The molecule has 0 aliphatic carbocycles. The molecule has 0 radical (unpaired) electrons. The average molecular weight is 205 g/mol. The third-order valence-electron chi connectivity index (χ3n) is 2.92. The van der Waals surface area contributed by atoms with Crippen molar-refractivity contribution in [3.63, 3.8) is 0 Å².